The second-order valence-electron chi connectivity index (χ2n) is 4.70. The predicted octanol–water partition coefficient (Wildman–Crippen LogP) is 0.396. The first kappa shape index (κ1) is 10.9. The number of amides is 1. The molecule has 4 heteroatoms. The minimum atomic E-state index is -0.424. The van der Waals surface area contributed by atoms with E-state index in [-0.39, 0.29) is 12.5 Å². The highest BCUT2D eigenvalue weighted by Gasteiger charge is 2.51. The molecule has 1 aliphatic heterocycles. The van der Waals surface area contributed by atoms with Gasteiger partial charge in [0.1, 0.15) is 0 Å². The van der Waals surface area contributed by atoms with E-state index in [4.69, 9.17) is 4.74 Å². The van der Waals surface area contributed by atoms with Crippen LogP contribution >= 0.6 is 0 Å². The summed E-state index contributed by atoms with van der Waals surface area (Å²) in [4.78, 5) is 13.9. The van der Waals surface area contributed by atoms with Crippen molar-refractivity contribution in [2.24, 2.45) is 5.41 Å². The van der Waals surface area contributed by atoms with E-state index >= 15 is 0 Å². The molecule has 0 aromatic carbocycles. The number of carbonyl (C=O) groups is 1. The van der Waals surface area contributed by atoms with Crippen LogP contribution in [0.15, 0.2) is 0 Å². The SMILES string of the molecule is CN(C(=O)C1(CO)CC1)C1CCOCC1. The molecule has 1 N–H and O–H groups in total. The molecule has 0 spiro atoms. The minimum Gasteiger partial charge on any atom is -0.395 e. The molecule has 0 aromatic heterocycles. The van der Waals surface area contributed by atoms with Gasteiger partial charge in [-0.2, -0.15) is 0 Å². The van der Waals surface area contributed by atoms with Crippen LogP contribution in [0.25, 0.3) is 0 Å². The van der Waals surface area contributed by atoms with Crippen molar-refractivity contribution < 1.29 is 14.6 Å². The van der Waals surface area contributed by atoms with Crippen molar-refractivity contribution >= 4 is 5.91 Å². The Morgan fingerprint density at radius 1 is 1.47 bits per heavy atom. The van der Waals surface area contributed by atoms with Gasteiger partial charge in [-0.1, -0.05) is 0 Å². The van der Waals surface area contributed by atoms with Crippen LogP contribution < -0.4 is 0 Å². The number of rotatable bonds is 3. The van der Waals surface area contributed by atoms with Crippen LogP contribution in [0, 0.1) is 5.41 Å². The molecule has 2 fully saturated rings. The van der Waals surface area contributed by atoms with Gasteiger partial charge in [0.25, 0.3) is 0 Å². The number of hydrogen-bond donors (Lipinski definition) is 1. The van der Waals surface area contributed by atoms with Crippen LogP contribution in [-0.4, -0.2) is 48.8 Å². The summed E-state index contributed by atoms with van der Waals surface area (Å²) in [5, 5.41) is 9.20. The summed E-state index contributed by atoms with van der Waals surface area (Å²) in [6.45, 7) is 1.49. The minimum absolute atomic E-state index is 0.000602. The van der Waals surface area contributed by atoms with Gasteiger partial charge in [-0.05, 0) is 25.7 Å². The highest BCUT2D eigenvalue weighted by atomic mass is 16.5. The summed E-state index contributed by atoms with van der Waals surface area (Å²) in [6, 6.07) is 0.301. The van der Waals surface area contributed by atoms with E-state index in [0.717, 1.165) is 38.9 Å². The van der Waals surface area contributed by atoms with Crippen LogP contribution in [0.3, 0.4) is 0 Å². The first-order valence-electron chi connectivity index (χ1n) is 5.65. The molecule has 1 amide bonds. The van der Waals surface area contributed by atoms with Crippen molar-refractivity contribution in [3.63, 3.8) is 0 Å². The van der Waals surface area contributed by atoms with Crippen molar-refractivity contribution in [3.8, 4) is 0 Å². The Kier molecular flexibility index (Phi) is 2.98. The molecule has 1 saturated carbocycles. The Balaban J connectivity index is 1.94. The van der Waals surface area contributed by atoms with Crippen LogP contribution in [0.4, 0.5) is 0 Å². The van der Waals surface area contributed by atoms with Gasteiger partial charge in [0.05, 0.1) is 12.0 Å². The highest BCUT2D eigenvalue weighted by molar-refractivity contribution is 5.85. The maximum Gasteiger partial charge on any atom is 0.231 e. The number of aliphatic hydroxyl groups is 1. The van der Waals surface area contributed by atoms with Crippen molar-refractivity contribution in [2.45, 2.75) is 31.7 Å². The van der Waals surface area contributed by atoms with Gasteiger partial charge in [-0.25, -0.2) is 0 Å². The number of nitrogens with zero attached hydrogens (tertiary/aromatic N) is 1. The summed E-state index contributed by atoms with van der Waals surface area (Å²) in [7, 11) is 1.86. The van der Waals surface area contributed by atoms with E-state index in [1.165, 1.54) is 0 Å². The molecule has 1 aliphatic carbocycles. The largest absolute Gasteiger partial charge is 0.395 e. The number of hydrogen-bond acceptors (Lipinski definition) is 3. The molecule has 2 rings (SSSR count). The number of aliphatic hydroxyl groups excluding tert-OH is 1. The fourth-order valence-corrected chi connectivity index (χ4v) is 2.20. The molecule has 0 bridgehead atoms. The van der Waals surface area contributed by atoms with Crippen LogP contribution in [-0.2, 0) is 9.53 Å². The molecule has 0 radical (unpaired) electrons. The van der Waals surface area contributed by atoms with Gasteiger partial charge in [-0.15, -0.1) is 0 Å². The average Bonchev–Trinajstić information content (AvgIpc) is 3.09. The molecule has 15 heavy (non-hydrogen) atoms. The Morgan fingerprint density at radius 3 is 2.53 bits per heavy atom. The molecule has 1 heterocycles. The third kappa shape index (κ3) is 2.01. The summed E-state index contributed by atoms with van der Waals surface area (Å²) in [6.07, 6.45) is 3.53. The Hall–Kier alpha value is -0.610. The van der Waals surface area contributed by atoms with E-state index in [0.29, 0.717) is 6.04 Å². The fourth-order valence-electron chi connectivity index (χ4n) is 2.20. The van der Waals surface area contributed by atoms with E-state index in [1.807, 2.05) is 11.9 Å². The quantitative estimate of drug-likeness (QED) is 0.738. The third-order valence-electron chi connectivity index (χ3n) is 3.67. The van der Waals surface area contributed by atoms with Gasteiger partial charge in [-0.3, -0.25) is 4.79 Å². The van der Waals surface area contributed by atoms with E-state index in [9.17, 15) is 9.90 Å². The van der Waals surface area contributed by atoms with Gasteiger partial charge < -0.3 is 14.7 Å². The maximum absolute atomic E-state index is 12.1. The normalized spacial score (nSPS) is 24.9. The van der Waals surface area contributed by atoms with Crippen LogP contribution in [0.5, 0.6) is 0 Å². The summed E-state index contributed by atoms with van der Waals surface area (Å²) >= 11 is 0. The summed E-state index contributed by atoms with van der Waals surface area (Å²) < 4.78 is 5.27. The predicted molar refractivity (Wildman–Crippen MR) is 55.4 cm³/mol. The topological polar surface area (TPSA) is 49.8 Å². The zero-order valence-electron chi connectivity index (χ0n) is 9.24. The van der Waals surface area contributed by atoms with Crippen molar-refractivity contribution in [2.75, 3.05) is 26.9 Å². The molecule has 0 aromatic rings. The lowest BCUT2D eigenvalue weighted by molar-refractivity contribution is -0.141. The van der Waals surface area contributed by atoms with E-state index in [1.54, 1.807) is 0 Å². The van der Waals surface area contributed by atoms with Gasteiger partial charge in [0, 0.05) is 26.3 Å². The maximum atomic E-state index is 12.1. The average molecular weight is 213 g/mol. The van der Waals surface area contributed by atoms with Crippen molar-refractivity contribution in [3.05, 3.63) is 0 Å². The summed E-state index contributed by atoms with van der Waals surface area (Å²) in [5.41, 5.74) is -0.424. The zero-order chi connectivity index (χ0) is 10.9. The Morgan fingerprint density at radius 2 is 2.07 bits per heavy atom. The third-order valence-corrected chi connectivity index (χ3v) is 3.67. The molecular formula is C11H19NO3. The van der Waals surface area contributed by atoms with Gasteiger partial charge in [0.15, 0.2) is 0 Å². The van der Waals surface area contributed by atoms with Crippen molar-refractivity contribution in [1.29, 1.82) is 0 Å². The van der Waals surface area contributed by atoms with Crippen LogP contribution in [0.2, 0.25) is 0 Å². The lowest BCUT2D eigenvalue weighted by atomic mass is 10.0. The van der Waals surface area contributed by atoms with E-state index in [2.05, 4.69) is 0 Å². The molecule has 1 saturated heterocycles. The molecular weight excluding hydrogens is 194 g/mol. The fraction of sp³-hybridized carbons (Fsp3) is 0.909. The molecule has 86 valence electrons. The second-order valence-corrected chi connectivity index (χ2v) is 4.70. The monoisotopic (exact) mass is 213 g/mol. The van der Waals surface area contributed by atoms with Crippen LogP contribution in [0.1, 0.15) is 25.7 Å². The second kappa shape index (κ2) is 4.10. The summed E-state index contributed by atoms with van der Waals surface area (Å²) in [5.74, 6) is 0.122. The molecule has 0 atom stereocenters. The molecule has 0 unspecified atom stereocenters. The first-order valence-corrected chi connectivity index (χ1v) is 5.65. The molecule has 4 nitrogen and oxygen atoms in total. The lowest BCUT2D eigenvalue weighted by Crippen LogP contribution is -2.45. The smallest absolute Gasteiger partial charge is 0.231 e. The standard InChI is InChI=1S/C11H19NO3/c1-12(9-2-6-15-7-3-9)10(14)11(8-13)4-5-11/h9,13H,2-8H2,1H3. The zero-order valence-corrected chi connectivity index (χ0v) is 9.24. The Bertz CT molecular complexity index is 244. The van der Waals surface area contributed by atoms with Crippen molar-refractivity contribution in [1.82, 2.24) is 4.90 Å². The number of carbonyl (C=O) groups excluding carboxylic acids is 1. The van der Waals surface area contributed by atoms with Gasteiger partial charge in [0.2, 0.25) is 5.91 Å². The van der Waals surface area contributed by atoms with E-state index < -0.39 is 5.41 Å². The lowest BCUT2D eigenvalue weighted by Gasteiger charge is -2.33. The number of ether oxygens (including phenoxy) is 1. The highest BCUT2D eigenvalue weighted by Crippen LogP contribution is 2.46. The first-order chi connectivity index (χ1) is 7.19. The molecule has 2 aliphatic rings. The van der Waals surface area contributed by atoms with Gasteiger partial charge >= 0.3 is 0 Å². The Labute approximate surface area is 90.2 Å².